The zero-order valence-electron chi connectivity index (χ0n) is 13.4. The maximum atomic E-state index is 11.0. The Hall–Kier alpha value is -2.77. The molecule has 134 valence electrons. The van der Waals surface area contributed by atoms with Gasteiger partial charge < -0.3 is 20.6 Å². The Bertz CT molecular complexity index is 984. The van der Waals surface area contributed by atoms with E-state index in [0.717, 1.165) is 0 Å². The summed E-state index contributed by atoms with van der Waals surface area (Å²) in [6.45, 7) is 1.99. The fourth-order valence-electron chi connectivity index (χ4n) is 2.85. The van der Waals surface area contributed by atoms with E-state index in [2.05, 4.69) is 47.6 Å². The Morgan fingerprint density at radius 3 is 2.50 bits per heavy atom. The number of halogens is 1. The zero-order valence-corrected chi connectivity index (χ0v) is 15.6. The maximum absolute atomic E-state index is 11.0. The smallest absolute Gasteiger partial charge is 0.407 e. The predicted molar refractivity (Wildman–Crippen MR) is 101 cm³/mol. The van der Waals surface area contributed by atoms with Crippen molar-refractivity contribution in [3.05, 3.63) is 22.4 Å². The van der Waals surface area contributed by atoms with Crippen LogP contribution in [0, 0.1) is 3.70 Å². The molecule has 4 rings (SSSR count). The molecular weight excluding hydrogens is 453 g/mol. The van der Waals surface area contributed by atoms with Crippen LogP contribution < -0.4 is 10.6 Å². The molecule has 0 aliphatic carbocycles. The summed E-state index contributed by atoms with van der Waals surface area (Å²) in [4.78, 5) is 31.3. The van der Waals surface area contributed by atoms with Gasteiger partial charge in [-0.2, -0.15) is 9.78 Å². The van der Waals surface area contributed by atoms with Crippen molar-refractivity contribution in [2.45, 2.75) is 0 Å². The number of carboxylic acid groups (broad SMARTS) is 1. The molecule has 0 spiro atoms. The molecule has 1 fully saturated rings. The van der Waals surface area contributed by atoms with E-state index < -0.39 is 6.09 Å². The molecule has 1 aliphatic heterocycles. The molecule has 3 aromatic rings. The van der Waals surface area contributed by atoms with Gasteiger partial charge in [0.15, 0.2) is 11.5 Å². The van der Waals surface area contributed by atoms with Crippen molar-refractivity contribution in [1.29, 1.82) is 0 Å². The van der Waals surface area contributed by atoms with Crippen LogP contribution in [0.15, 0.2) is 18.7 Å². The van der Waals surface area contributed by atoms with Crippen LogP contribution in [-0.4, -0.2) is 72.0 Å². The zero-order chi connectivity index (χ0) is 18.3. The third-order valence-corrected chi connectivity index (χ3v) is 4.94. The van der Waals surface area contributed by atoms with Crippen LogP contribution in [-0.2, 0) is 0 Å². The van der Waals surface area contributed by atoms with E-state index in [1.54, 1.807) is 10.7 Å². The van der Waals surface area contributed by atoms with E-state index in [4.69, 9.17) is 10.8 Å². The van der Waals surface area contributed by atoms with Gasteiger partial charge >= 0.3 is 6.09 Å². The number of nitrogens with zero attached hydrogens (tertiary/aromatic N) is 8. The Labute approximate surface area is 161 Å². The van der Waals surface area contributed by atoms with Crippen LogP contribution in [0.3, 0.4) is 0 Å². The normalized spacial score (nSPS) is 14.8. The van der Waals surface area contributed by atoms with Crippen LogP contribution in [0.1, 0.15) is 0 Å². The van der Waals surface area contributed by atoms with Gasteiger partial charge in [0.25, 0.3) is 0 Å². The summed E-state index contributed by atoms with van der Waals surface area (Å²) < 4.78 is 2.29. The largest absolute Gasteiger partial charge is 0.465 e. The molecule has 0 atom stereocenters. The van der Waals surface area contributed by atoms with Crippen molar-refractivity contribution in [1.82, 2.24) is 34.6 Å². The van der Waals surface area contributed by atoms with Crippen molar-refractivity contribution in [3.8, 4) is 5.82 Å². The summed E-state index contributed by atoms with van der Waals surface area (Å²) in [5.41, 5.74) is 6.50. The first-order chi connectivity index (χ1) is 12.5. The van der Waals surface area contributed by atoms with E-state index in [1.165, 1.54) is 17.6 Å². The highest BCUT2D eigenvalue weighted by Crippen LogP contribution is 2.25. The number of piperazine rings is 1. The number of hydrogen-bond donors (Lipinski definition) is 2. The quantitative estimate of drug-likeness (QED) is 0.519. The summed E-state index contributed by atoms with van der Waals surface area (Å²) in [5, 5.41) is 14.2. The Morgan fingerprint density at radius 2 is 1.77 bits per heavy atom. The van der Waals surface area contributed by atoms with Gasteiger partial charge in [-0.1, -0.05) is 0 Å². The highest BCUT2D eigenvalue weighted by Gasteiger charge is 2.22. The van der Waals surface area contributed by atoms with E-state index in [9.17, 15) is 4.79 Å². The highest BCUT2D eigenvalue weighted by atomic mass is 127. The second-order valence-electron chi connectivity index (χ2n) is 5.65. The SMILES string of the molecule is Nc1ncnc2c1c(I)nn2-c1cc(N2CCN(C(=O)O)CC2)ncn1. The standard InChI is InChI=1S/C14H14IN9O2/c15-11-10-12(16)19-7-20-13(10)24(21-11)9-5-8(17-6-18-9)22-1-3-23(4-2-22)14(25)26/h5-7H,1-4H2,(H,25,26)(H2,16,19,20). The lowest BCUT2D eigenvalue weighted by molar-refractivity contribution is 0.142. The predicted octanol–water partition coefficient (Wildman–Crippen LogP) is 0.592. The molecule has 11 nitrogen and oxygen atoms in total. The van der Waals surface area contributed by atoms with Gasteiger partial charge in [0.1, 0.15) is 28.0 Å². The molecule has 26 heavy (non-hydrogen) atoms. The molecule has 12 heteroatoms. The summed E-state index contributed by atoms with van der Waals surface area (Å²) in [6, 6.07) is 1.80. The van der Waals surface area contributed by atoms with Crippen molar-refractivity contribution in [2.75, 3.05) is 36.8 Å². The second kappa shape index (κ2) is 6.51. The molecule has 3 N–H and O–H groups in total. The van der Waals surface area contributed by atoms with Gasteiger partial charge in [-0.3, -0.25) is 0 Å². The Balaban J connectivity index is 1.67. The minimum Gasteiger partial charge on any atom is -0.465 e. The fraction of sp³-hybridized carbons (Fsp3) is 0.286. The van der Waals surface area contributed by atoms with Crippen LogP contribution in [0.5, 0.6) is 0 Å². The number of aromatic nitrogens is 6. The number of carbonyl (C=O) groups is 1. The van der Waals surface area contributed by atoms with E-state index in [-0.39, 0.29) is 0 Å². The average molecular weight is 467 g/mol. The number of amides is 1. The monoisotopic (exact) mass is 467 g/mol. The third-order valence-electron chi connectivity index (χ3n) is 4.18. The molecular formula is C14H14IN9O2. The number of nitrogen functional groups attached to an aromatic ring is 1. The van der Waals surface area contributed by atoms with Gasteiger partial charge in [0.05, 0.1) is 5.39 Å². The number of rotatable bonds is 2. The van der Waals surface area contributed by atoms with E-state index >= 15 is 0 Å². The number of nitrogens with two attached hydrogens (primary N) is 1. The van der Waals surface area contributed by atoms with E-state index in [0.29, 0.717) is 58.4 Å². The molecule has 0 aromatic carbocycles. The van der Waals surface area contributed by atoms with Gasteiger partial charge in [-0.05, 0) is 22.6 Å². The summed E-state index contributed by atoms with van der Waals surface area (Å²) in [5.74, 6) is 1.63. The molecule has 0 saturated carbocycles. The molecule has 0 unspecified atom stereocenters. The molecule has 1 saturated heterocycles. The summed E-state index contributed by atoms with van der Waals surface area (Å²) in [6.07, 6.45) is 1.95. The number of hydrogen-bond acceptors (Lipinski definition) is 8. The first-order valence-electron chi connectivity index (χ1n) is 7.74. The van der Waals surface area contributed by atoms with Crippen molar-refractivity contribution < 1.29 is 9.90 Å². The Kier molecular flexibility index (Phi) is 4.18. The van der Waals surface area contributed by atoms with Crippen LogP contribution >= 0.6 is 22.6 Å². The summed E-state index contributed by atoms with van der Waals surface area (Å²) in [7, 11) is 0. The summed E-state index contributed by atoms with van der Waals surface area (Å²) >= 11 is 2.08. The topological polar surface area (TPSA) is 139 Å². The number of fused-ring (bicyclic) bond motifs is 1. The second-order valence-corrected chi connectivity index (χ2v) is 6.67. The average Bonchev–Trinajstić information content (AvgIpc) is 3.00. The third kappa shape index (κ3) is 2.85. The highest BCUT2D eigenvalue weighted by molar-refractivity contribution is 14.1. The minimum atomic E-state index is -0.900. The van der Waals surface area contributed by atoms with E-state index in [1.807, 2.05) is 4.90 Å². The lowest BCUT2D eigenvalue weighted by Crippen LogP contribution is -2.48. The maximum Gasteiger partial charge on any atom is 0.407 e. The Morgan fingerprint density at radius 1 is 1.08 bits per heavy atom. The van der Waals surface area contributed by atoms with Gasteiger partial charge in [-0.15, -0.1) is 0 Å². The molecule has 0 bridgehead atoms. The number of anilines is 2. The van der Waals surface area contributed by atoms with Gasteiger partial charge in [0, 0.05) is 32.2 Å². The fourth-order valence-corrected chi connectivity index (χ4v) is 3.58. The molecule has 4 heterocycles. The van der Waals surface area contributed by atoms with Crippen LogP contribution in [0.2, 0.25) is 0 Å². The molecule has 1 amide bonds. The molecule has 0 radical (unpaired) electrons. The van der Waals surface area contributed by atoms with Crippen molar-refractivity contribution in [2.24, 2.45) is 0 Å². The first kappa shape index (κ1) is 16.7. The molecule has 1 aliphatic rings. The first-order valence-corrected chi connectivity index (χ1v) is 8.82. The minimum absolute atomic E-state index is 0.365. The van der Waals surface area contributed by atoms with Gasteiger partial charge in [0.2, 0.25) is 0 Å². The van der Waals surface area contributed by atoms with Crippen molar-refractivity contribution in [3.63, 3.8) is 0 Å². The van der Waals surface area contributed by atoms with Gasteiger partial charge in [-0.25, -0.2) is 24.7 Å². The lowest BCUT2D eigenvalue weighted by atomic mass is 10.3. The molecule has 3 aromatic heterocycles. The van der Waals surface area contributed by atoms with Crippen LogP contribution in [0.4, 0.5) is 16.4 Å². The van der Waals surface area contributed by atoms with Crippen LogP contribution in [0.25, 0.3) is 16.9 Å². The lowest BCUT2D eigenvalue weighted by Gasteiger charge is -2.33. The van der Waals surface area contributed by atoms with Crippen molar-refractivity contribution >= 4 is 51.4 Å².